The fourth-order valence-corrected chi connectivity index (χ4v) is 3.08. The molecule has 1 aromatic carbocycles. The summed E-state index contributed by atoms with van der Waals surface area (Å²) in [5.74, 6) is 0.541. The Labute approximate surface area is 130 Å². The highest BCUT2D eigenvalue weighted by Gasteiger charge is 2.33. The van der Waals surface area contributed by atoms with Crippen LogP contribution in [0, 0.1) is 0 Å². The van der Waals surface area contributed by atoms with Crippen LogP contribution >= 0.6 is 0 Å². The zero-order chi connectivity index (χ0) is 15.5. The lowest BCUT2D eigenvalue weighted by Gasteiger charge is -2.33. The Balaban J connectivity index is 1.78. The van der Waals surface area contributed by atoms with Crippen LogP contribution in [0.3, 0.4) is 0 Å². The molecule has 1 fully saturated rings. The third kappa shape index (κ3) is 2.93. The van der Waals surface area contributed by atoms with Crippen molar-refractivity contribution in [2.24, 2.45) is 0 Å². The van der Waals surface area contributed by atoms with Gasteiger partial charge in [0.1, 0.15) is 12.3 Å². The highest BCUT2D eigenvalue weighted by molar-refractivity contribution is 6.03. The van der Waals surface area contributed by atoms with Gasteiger partial charge in [0.25, 0.3) is 5.91 Å². The lowest BCUT2D eigenvalue weighted by Crippen LogP contribution is -2.49. The maximum atomic E-state index is 12.6. The van der Waals surface area contributed by atoms with Gasteiger partial charge in [0, 0.05) is 13.1 Å². The van der Waals surface area contributed by atoms with E-state index in [1.807, 2.05) is 29.2 Å². The van der Waals surface area contributed by atoms with E-state index in [9.17, 15) is 9.59 Å². The first-order valence-electron chi connectivity index (χ1n) is 8.01. The Morgan fingerprint density at radius 2 is 1.86 bits per heavy atom. The molecule has 0 bridgehead atoms. The van der Waals surface area contributed by atoms with Crippen molar-refractivity contribution < 1.29 is 14.3 Å². The van der Waals surface area contributed by atoms with E-state index in [4.69, 9.17) is 4.74 Å². The standard InChI is InChI=1S/C17H22N2O3/c1-13-17(21)19(14-8-4-5-9-15(14)22-13)12-16(20)18-10-6-2-3-7-11-18/h4-5,8-9,13H,2-3,6-7,10-12H2,1H3/t13-/m0/s1. The normalized spacial score (nSPS) is 21.9. The number of fused-ring (bicyclic) bond motifs is 1. The highest BCUT2D eigenvalue weighted by atomic mass is 16.5. The second kappa shape index (κ2) is 6.38. The van der Waals surface area contributed by atoms with E-state index in [-0.39, 0.29) is 18.4 Å². The molecular weight excluding hydrogens is 280 g/mol. The number of benzene rings is 1. The Kier molecular flexibility index (Phi) is 4.32. The Hall–Kier alpha value is -2.04. The minimum absolute atomic E-state index is 0.0270. The monoisotopic (exact) mass is 302 g/mol. The molecule has 0 unspecified atom stereocenters. The van der Waals surface area contributed by atoms with Gasteiger partial charge < -0.3 is 9.64 Å². The first-order chi connectivity index (χ1) is 10.7. The molecule has 1 atom stereocenters. The molecule has 22 heavy (non-hydrogen) atoms. The molecule has 2 aliphatic rings. The molecule has 3 rings (SSSR count). The van der Waals surface area contributed by atoms with Gasteiger partial charge >= 0.3 is 0 Å². The lowest BCUT2D eigenvalue weighted by atomic mass is 10.2. The summed E-state index contributed by atoms with van der Waals surface area (Å²) < 4.78 is 5.61. The van der Waals surface area contributed by atoms with Crippen molar-refractivity contribution >= 4 is 17.5 Å². The zero-order valence-electron chi connectivity index (χ0n) is 13.0. The third-order valence-corrected chi connectivity index (χ3v) is 4.33. The molecule has 0 N–H and O–H groups in total. The number of hydrogen-bond acceptors (Lipinski definition) is 3. The molecular formula is C17H22N2O3. The van der Waals surface area contributed by atoms with E-state index in [1.165, 1.54) is 12.8 Å². The number of nitrogens with zero attached hydrogens (tertiary/aromatic N) is 2. The van der Waals surface area contributed by atoms with Crippen molar-refractivity contribution in [3.8, 4) is 5.75 Å². The molecule has 5 nitrogen and oxygen atoms in total. The second-order valence-electron chi connectivity index (χ2n) is 5.95. The molecule has 0 aromatic heterocycles. The van der Waals surface area contributed by atoms with Crippen molar-refractivity contribution in [3.63, 3.8) is 0 Å². The summed E-state index contributed by atoms with van der Waals surface area (Å²) in [5.41, 5.74) is 0.689. The van der Waals surface area contributed by atoms with Crippen molar-refractivity contribution in [1.29, 1.82) is 0 Å². The molecule has 0 spiro atoms. The number of hydrogen-bond donors (Lipinski definition) is 0. The summed E-state index contributed by atoms with van der Waals surface area (Å²) in [6, 6.07) is 7.39. The quantitative estimate of drug-likeness (QED) is 0.841. The SMILES string of the molecule is C[C@@H]1Oc2ccccc2N(CC(=O)N2CCCCCC2)C1=O. The van der Waals surface area contributed by atoms with Crippen LogP contribution in [0.1, 0.15) is 32.6 Å². The number of para-hydroxylation sites is 2. The zero-order valence-corrected chi connectivity index (χ0v) is 13.0. The first kappa shape index (κ1) is 14.9. The number of amides is 2. The topological polar surface area (TPSA) is 49.9 Å². The summed E-state index contributed by atoms with van der Waals surface area (Å²) in [6.07, 6.45) is 3.91. The predicted octanol–water partition coefficient (Wildman–Crippen LogP) is 2.20. The van der Waals surface area contributed by atoms with Crippen LogP contribution in [0.5, 0.6) is 5.75 Å². The summed E-state index contributed by atoms with van der Waals surface area (Å²) in [6.45, 7) is 3.42. The van der Waals surface area contributed by atoms with Crippen molar-refractivity contribution in [2.45, 2.75) is 38.7 Å². The van der Waals surface area contributed by atoms with Crippen molar-refractivity contribution in [1.82, 2.24) is 4.90 Å². The first-order valence-corrected chi connectivity index (χ1v) is 8.01. The van der Waals surface area contributed by atoms with Gasteiger partial charge in [-0.3, -0.25) is 14.5 Å². The molecule has 0 saturated carbocycles. The molecule has 2 heterocycles. The van der Waals surface area contributed by atoms with E-state index in [1.54, 1.807) is 11.8 Å². The van der Waals surface area contributed by atoms with E-state index in [0.29, 0.717) is 11.4 Å². The van der Waals surface area contributed by atoms with Crippen LogP contribution in [-0.2, 0) is 9.59 Å². The number of ether oxygens (including phenoxy) is 1. The minimum Gasteiger partial charge on any atom is -0.479 e. The van der Waals surface area contributed by atoms with Crippen molar-refractivity contribution in [3.05, 3.63) is 24.3 Å². The smallest absolute Gasteiger partial charge is 0.268 e. The predicted molar refractivity (Wildman–Crippen MR) is 83.9 cm³/mol. The molecule has 1 saturated heterocycles. The number of anilines is 1. The number of carbonyl (C=O) groups is 2. The van der Waals surface area contributed by atoms with Crippen LogP contribution < -0.4 is 9.64 Å². The number of rotatable bonds is 2. The maximum Gasteiger partial charge on any atom is 0.268 e. The molecule has 5 heteroatoms. The van der Waals surface area contributed by atoms with Gasteiger partial charge in [0.2, 0.25) is 5.91 Å². The second-order valence-corrected chi connectivity index (χ2v) is 5.95. The molecule has 2 amide bonds. The van der Waals surface area contributed by atoms with Gasteiger partial charge in [0.05, 0.1) is 5.69 Å². The Morgan fingerprint density at radius 3 is 2.59 bits per heavy atom. The van der Waals surface area contributed by atoms with E-state index < -0.39 is 6.10 Å². The molecule has 0 radical (unpaired) electrons. The van der Waals surface area contributed by atoms with Crippen LogP contribution in [0.15, 0.2) is 24.3 Å². The fourth-order valence-electron chi connectivity index (χ4n) is 3.08. The summed E-state index contributed by atoms with van der Waals surface area (Å²) in [7, 11) is 0. The number of carbonyl (C=O) groups excluding carboxylic acids is 2. The number of likely N-dealkylation sites (tertiary alicyclic amines) is 1. The summed E-state index contributed by atoms with van der Waals surface area (Å²) in [4.78, 5) is 28.4. The average Bonchev–Trinajstić information content (AvgIpc) is 2.81. The van der Waals surface area contributed by atoms with Gasteiger partial charge in [-0.15, -0.1) is 0 Å². The highest BCUT2D eigenvalue weighted by Crippen LogP contribution is 2.33. The Bertz CT molecular complexity index is 565. The summed E-state index contributed by atoms with van der Waals surface area (Å²) >= 11 is 0. The average molecular weight is 302 g/mol. The van der Waals surface area contributed by atoms with E-state index >= 15 is 0 Å². The third-order valence-electron chi connectivity index (χ3n) is 4.33. The molecule has 118 valence electrons. The van der Waals surface area contributed by atoms with E-state index in [2.05, 4.69) is 0 Å². The fraction of sp³-hybridized carbons (Fsp3) is 0.529. The summed E-state index contributed by atoms with van der Waals surface area (Å²) in [5, 5.41) is 0. The van der Waals surface area contributed by atoms with Gasteiger partial charge in [-0.1, -0.05) is 25.0 Å². The maximum absolute atomic E-state index is 12.6. The van der Waals surface area contributed by atoms with Gasteiger partial charge in [-0.05, 0) is 31.9 Å². The van der Waals surface area contributed by atoms with Gasteiger partial charge in [-0.2, -0.15) is 0 Å². The van der Waals surface area contributed by atoms with Crippen molar-refractivity contribution in [2.75, 3.05) is 24.5 Å². The molecule has 1 aromatic rings. The minimum atomic E-state index is -0.549. The lowest BCUT2D eigenvalue weighted by molar-refractivity contribution is -0.133. The van der Waals surface area contributed by atoms with Gasteiger partial charge in [0.15, 0.2) is 6.10 Å². The molecule has 0 aliphatic carbocycles. The van der Waals surface area contributed by atoms with Crippen LogP contribution in [0.25, 0.3) is 0 Å². The van der Waals surface area contributed by atoms with Gasteiger partial charge in [-0.25, -0.2) is 0 Å². The van der Waals surface area contributed by atoms with Crippen LogP contribution in [0.2, 0.25) is 0 Å². The largest absolute Gasteiger partial charge is 0.479 e. The van der Waals surface area contributed by atoms with Crippen LogP contribution in [-0.4, -0.2) is 42.5 Å². The van der Waals surface area contributed by atoms with E-state index in [0.717, 1.165) is 25.9 Å². The molecule has 2 aliphatic heterocycles. The Morgan fingerprint density at radius 1 is 1.18 bits per heavy atom. The van der Waals surface area contributed by atoms with Crippen LogP contribution in [0.4, 0.5) is 5.69 Å².